The Morgan fingerprint density at radius 2 is 2.08 bits per heavy atom. The van der Waals surface area contributed by atoms with Gasteiger partial charge < -0.3 is 15.0 Å². The van der Waals surface area contributed by atoms with Crippen LogP contribution in [0.2, 0.25) is 0 Å². The number of nitrogens with one attached hydrogen (secondary N) is 2. The molecule has 0 radical (unpaired) electrons. The molecule has 0 spiro atoms. The number of aryl methyl sites for hydroxylation is 2. The second-order valence-electron chi connectivity index (χ2n) is 6.59. The Morgan fingerprint density at radius 1 is 1.25 bits per heavy atom. The van der Waals surface area contributed by atoms with E-state index < -0.39 is 0 Å². The zero-order valence-corrected chi connectivity index (χ0v) is 14.4. The zero-order chi connectivity index (χ0) is 16.5. The van der Waals surface area contributed by atoms with Crippen LogP contribution in [0, 0.1) is 13.8 Å². The van der Waals surface area contributed by atoms with Crippen LogP contribution in [-0.2, 0) is 4.74 Å². The van der Waals surface area contributed by atoms with Gasteiger partial charge in [0.25, 0.3) is 0 Å². The van der Waals surface area contributed by atoms with Crippen LogP contribution >= 0.6 is 0 Å². The molecule has 1 aliphatic heterocycles. The number of aromatic nitrogens is 2. The summed E-state index contributed by atoms with van der Waals surface area (Å²) in [5.74, 6) is 0.973. The van der Waals surface area contributed by atoms with Crippen molar-refractivity contribution < 1.29 is 4.74 Å². The van der Waals surface area contributed by atoms with Crippen molar-refractivity contribution in [2.75, 3.05) is 44.7 Å². The number of benzene rings is 1. The Balaban J connectivity index is 1.63. The van der Waals surface area contributed by atoms with Gasteiger partial charge >= 0.3 is 0 Å². The SMILES string of the molecule is Cc1ccc2[nH]c3c(C)cnc(NCCN4CCOCC4)c3c2c1. The highest BCUT2D eigenvalue weighted by Gasteiger charge is 2.13. The van der Waals surface area contributed by atoms with Gasteiger partial charge in [-0.3, -0.25) is 4.90 Å². The predicted molar refractivity (Wildman–Crippen MR) is 98.8 cm³/mol. The number of fused-ring (bicyclic) bond motifs is 3. The first-order chi connectivity index (χ1) is 11.7. The third-order valence-electron chi connectivity index (χ3n) is 4.80. The Hall–Kier alpha value is -2.11. The van der Waals surface area contributed by atoms with E-state index in [2.05, 4.69) is 52.2 Å². The van der Waals surface area contributed by atoms with E-state index in [0.717, 1.165) is 45.2 Å². The Labute approximate surface area is 142 Å². The highest BCUT2D eigenvalue weighted by molar-refractivity contribution is 6.13. The number of nitrogens with zero attached hydrogens (tertiary/aromatic N) is 2. The minimum atomic E-state index is 0.842. The van der Waals surface area contributed by atoms with Gasteiger partial charge in [-0.15, -0.1) is 0 Å². The van der Waals surface area contributed by atoms with E-state index in [1.165, 1.54) is 32.9 Å². The van der Waals surface area contributed by atoms with Crippen molar-refractivity contribution in [3.63, 3.8) is 0 Å². The largest absolute Gasteiger partial charge is 0.379 e. The minimum absolute atomic E-state index is 0.842. The fraction of sp³-hybridized carbons (Fsp3) is 0.421. The van der Waals surface area contributed by atoms with E-state index in [0.29, 0.717) is 0 Å². The number of H-pyrrole nitrogens is 1. The van der Waals surface area contributed by atoms with E-state index in [1.54, 1.807) is 0 Å². The lowest BCUT2D eigenvalue weighted by Crippen LogP contribution is -2.39. The molecule has 1 fully saturated rings. The average molecular weight is 324 g/mol. The number of rotatable bonds is 4. The Morgan fingerprint density at radius 3 is 2.92 bits per heavy atom. The Kier molecular flexibility index (Phi) is 4.12. The van der Waals surface area contributed by atoms with Gasteiger partial charge in [-0.2, -0.15) is 0 Å². The van der Waals surface area contributed by atoms with Crippen LogP contribution < -0.4 is 5.32 Å². The molecule has 2 aromatic heterocycles. The quantitative estimate of drug-likeness (QED) is 0.774. The summed E-state index contributed by atoms with van der Waals surface area (Å²) >= 11 is 0. The normalized spacial score (nSPS) is 16.1. The second-order valence-corrected chi connectivity index (χ2v) is 6.59. The molecule has 0 bridgehead atoms. The smallest absolute Gasteiger partial charge is 0.136 e. The summed E-state index contributed by atoms with van der Waals surface area (Å²) in [6.07, 6.45) is 1.95. The van der Waals surface area contributed by atoms with E-state index in [-0.39, 0.29) is 0 Å². The predicted octanol–water partition coefficient (Wildman–Crippen LogP) is 3.08. The van der Waals surface area contributed by atoms with Crippen LogP contribution in [0.25, 0.3) is 21.8 Å². The summed E-state index contributed by atoms with van der Waals surface area (Å²) < 4.78 is 5.41. The molecular formula is C19H24N4O. The topological polar surface area (TPSA) is 53.2 Å². The number of morpholine rings is 1. The van der Waals surface area contributed by atoms with Crippen molar-refractivity contribution in [3.05, 3.63) is 35.5 Å². The van der Waals surface area contributed by atoms with Crippen LogP contribution in [0.4, 0.5) is 5.82 Å². The van der Waals surface area contributed by atoms with E-state index >= 15 is 0 Å². The van der Waals surface area contributed by atoms with Crippen LogP contribution in [0.5, 0.6) is 0 Å². The molecule has 3 heterocycles. The molecule has 0 aliphatic carbocycles. The first kappa shape index (κ1) is 15.4. The van der Waals surface area contributed by atoms with Crippen molar-refractivity contribution >= 4 is 27.6 Å². The molecule has 126 valence electrons. The third-order valence-corrected chi connectivity index (χ3v) is 4.80. The second kappa shape index (κ2) is 6.42. The number of hydrogen-bond donors (Lipinski definition) is 2. The van der Waals surface area contributed by atoms with Crippen LogP contribution in [-0.4, -0.2) is 54.3 Å². The lowest BCUT2D eigenvalue weighted by molar-refractivity contribution is 0.0398. The number of ether oxygens (including phenoxy) is 1. The highest BCUT2D eigenvalue weighted by Crippen LogP contribution is 2.32. The van der Waals surface area contributed by atoms with Crippen LogP contribution in [0.3, 0.4) is 0 Å². The maximum Gasteiger partial charge on any atom is 0.136 e. The van der Waals surface area contributed by atoms with Gasteiger partial charge in [0.05, 0.1) is 18.7 Å². The monoisotopic (exact) mass is 324 g/mol. The van der Waals surface area contributed by atoms with Crippen LogP contribution in [0.15, 0.2) is 24.4 Å². The van der Waals surface area contributed by atoms with Gasteiger partial charge in [0.1, 0.15) is 5.82 Å². The lowest BCUT2D eigenvalue weighted by Gasteiger charge is -2.26. The molecule has 3 aromatic rings. The minimum Gasteiger partial charge on any atom is -0.379 e. The summed E-state index contributed by atoms with van der Waals surface area (Å²) in [7, 11) is 0. The van der Waals surface area contributed by atoms with E-state index in [9.17, 15) is 0 Å². The van der Waals surface area contributed by atoms with Crippen molar-refractivity contribution in [1.82, 2.24) is 14.9 Å². The molecule has 0 atom stereocenters. The summed E-state index contributed by atoms with van der Waals surface area (Å²) in [4.78, 5) is 10.6. The first-order valence-electron chi connectivity index (χ1n) is 8.64. The van der Waals surface area contributed by atoms with Gasteiger partial charge in [0.2, 0.25) is 0 Å². The Bertz CT molecular complexity index is 865. The standard InChI is InChI=1S/C19H24N4O/c1-13-3-4-16-15(11-13)17-18(22-16)14(2)12-21-19(17)20-5-6-23-7-9-24-10-8-23/h3-4,11-12,22H,5-10H2,1-2H3,(H,20,21). The number of pyridine rings is 1. The van der Waals surface area contributed by atoms with Gasteiger partial charge in [0.15, 0.2) is 0 Å². The third kappa shape index (κ3) is 2.85. The van der Waals surface area contributed by atoms with Crippen molar-refractivity contribution in [1.29, 1.82) is 0 Å². The lowest BCUT2D eigenvalue weighted by atomic mass is 10.1. The number of aromatic amines is 1. The summed E-state index contributed by atoms with van der Waals surface area (Å²) in [5.41, 5.74) is 4.80. The molecule has 0 amide bonds. The van der Waals surface area contributed by atoms with E-state index in [4.69, 9.17) is 4.74 Å². The summed E-state index contributed by atoms with van der Waals surface area (Å²) in [6.45, 7) is 9.87. The fourth-order valence-electron chi connectivity index (χ4n) is 3.43. The van der Waals surface area contributed by atoms with Crippen molar-refractivity contribution in [2.45, 2.75) is 13.8 Å². The zero-order valence-electron chi connectivity index (χ0n) is 14.4. The summed E-state index contributed by atoms with van der Waals surface area (Å²) in [5, 5.41) is 6.00. The molecule has 1 saturated heterocycles. The molecule has 0 unspecified atom stereocenters. The molecule has 24 heavy (non-hydrogen) atoms. The summed E-state index contributed by atoms with van der Waals surface area (Å²) in [6, 6.07) is 6.54. The molecule has 0 saturated carbocycles. The molecule has 1 aliphatic rings. The van der Waals surface area contributed by atoms with Gasteiger partial charge in [0, 0.05) is 48.7 Å². The fourth-order valence-corrected chi connectivity index (χ4v) is 3.43. The molecule has 1 aromatic carbocycles. The van der Waals surface area contributed by atoms with Crippen molar-refractivity contribution in [2.24, 2.45) is 0 Å². The van der Waals surface area contributed by atoms with Crippen molar-refractivity contribution in [3.8, 4) is 0 Å². The molecule has 5 heteroatoms. The average Bonchev–Trinajstić information content (AvgIpc) is 2.98. The van der Waals surface area contributed by atoms with Gasteiger partial charge in [-0.25, -0.2) is 4.98 Å². The maximum absolute atomic E-state index is 5.41. The molecular weight excluding hydrogens is 300 g/mol. The maximum atomic E-state index is 5.41. The molecule has 4 rings (SSSR count). The number of anilines is 1. The van der Waals surface area contributed by atoms with Gasteiger partial charge in [-0.05, 0) is 31.5 Å². The number of hydrogen-bond acceptors (Lipinski definition) is 4. The highest BCUT2D eigenvalue weighted by atomic mass is 16.5. The van der Waals surface area contributed by atoms with Gasteiger partial charge in [-0.1, -0.05) is 11.6 Å². The molecule has 2 N–H and O–H groups in total. The first-order valence-corrected chi connectivity index (χ1v) is 8.64. The van der Waals surface area contributed by atoms with Crippen LogP contribution in [0.1, 0.15) is 11.1 Å². The van der Waals surface area contributed by atoms with E-state index in [1.807, 2.05) is 6.20 Å². The molecule has 5 nitrogen and oxygen atoms in total.